The summed E-state index contributed by atoms with van der Waals surface area (Å²) in [5.41, 5.74) is 0.839. The number of alkyl halides is 3. The van der Waals surface area contributed by atoms with Gasteiger partial charge in [0.2, 0.25) is 5.91 Å². The summed E-state index contributed by atoms with van der Waals surface area (Å²) in [6.07, 6.45) is -3.81. The van der Waals surface area contributed by atoms with Crippen LogP contribution in [0.15, 0.2) is 36.5 Å². The number of nitrogens with zero attached hydrogens (tertiary/aromatic N) is 1. The van der Waals surface area contributed by atoms with E-state index in [2.05, 4.69) is 10.3 Å². The van der Waals surface area contributed by atoms with Gasteiger partial charge in [0.25, 0.3) is 0 Å². The van der Waals surface area contributed by atoms with E-state index in [-0.39, 0.29) is 17.3 Å². The van der Waals surface area contributed by atoms with E-state index in [0.717, 1.165) is 17.2 Å². The van der Waals surface area contributed by atoms with Crippen LogP contribution in [0.1, 0.15) is 16.7 Å². The average molecular weight is 329 g/mol. The molecule has 0 aliphatic heterocycles. The molecule has 1 N–H and O–H groups in total. The van der Waals surface area contributed by atoms with E-state index in [4.69, 9.17) is 11.6 Å². The molecule has 1 aromatic carbocycles. The lowest BCUT2D eigenvalue weighted by Crippen LogP contribution is -2.16. The molecule has 0 saturated carbocycles. The predicted octanol–water partition coefficient (Wildman–Crippen LogP) is 4.24. The van der Waals surface area contributed by atoms with Crippen LogP contribution in [0.25, 0.3) is 0 Å². The Morgan fingerprint density at radius 3 is 2.64 bits per heavy atom. The van der Waals surface area contributed by atoms with E-state index >= 15 is 0 Å². The molecule has 3 nitrogen and oxygen atoms in total. The minimum Gasteiger partial charge on any atom is -0.309 e. The molecule has 0 radical (unpaired) electrons. The number of pyridine rings is 1. The maximum atomic E-state index is 12.5. The van der Waals surface area contributed by atoms with Crippen LogP contribution in [0.5, 0.6) is 0 Å². The summed E-state index contributed by atoms with van der Waals surface area (Å²) in [6, 6.07) is 8.09. The van der Waals surface area contributed by atoms with Gasteiger partial charge in [-0.15, -0.1) is 0 Å². The van der Waals surface area contributed by atoms with E-state index in [1.54, 1.807) is 6.07 Å². The number of nitrogens with one attached hydrogen (secondary N) is 1. The number of hydrogen-bond acceptors (Lipinski definition) is 2. The molecule has 2 rings (SSSR count). The molecule has 0 spiro atoms. The number of carbonyl (C=O) groups excluding carboxylic acids is 1. The van der Waals surface area contributed by atoms with Crippen LogP contribution in [-0.4, -0.2) is 10.9 Å². The van der Waals surface area contributed by atoms with E-state index < -0.39 is 17.6 Å². The van der Waals surface area contributed by atoms with Gasteiger partial charge in [0.1, 0.15) is 0 Å². The highest BCUT2D eigenvalue weighted by molar-refractivity contribution is 6.33. The van der Waals surface area contributed by atoms with E-state index in [1.165, 1.54) is 0 Å². The molecule has 1 aromatic heterocycles. The van der Waals surface area contributed by atoms with E-state index in [0.29, 0.717) is 6.20 Å². The van der Waals surface area contributed by atoms with Gasteiger partial charge < -0.3 is 5.32 Å². The fourth-order valence-corrected chi connectivity index (χ4v) is 2.08. The first kappa shape index (κ1) is 16.3. The van der Waals surface area contributed by atoms with Crippen LogP contribution in [0.3, 0.4) is 0 Å². The highest BCUT2D eigenvalue weighted by atomic mass is 35.5. The van der Waals surface area contributed by atoms with Crippen molar-refractivity contribution in [3.8, 4) is 0 Å². The van der Waals surface area contributed by atoms with Crippen LogP contribution >= 0.6 is 11.6 Å². The topological polar surface area (TPSA) is 42.0 Å². The molecule has 0 fully saturated rings. The first-order valence-electron chi connectivity index (χ1n) is 6.34. The van der Waals surface area contributed by atoms with Crippen molar-refractivity contribution >= 4 is 23.3 Å². The number of benzene rings is 1. The van der Waals surface area contributed by atoms with Gasteiger partial charge in [-0.25, -0.2) is 4.98 Å². The van der Waals surface area contributed by atoms with Crippen molar-refractivity contribution in [1.82, 2.24) is 4.98 Å². The van der Waals surface area contributed by atoms with Crippen molar-refractivity contribution in [2.75, 3.05) is 5.32 Å². The van der Waals surface area contributed by atoms with Crippen molar-refractivity contribution in [1.29, 1.82) is 0 Å². The summed E-state index contributed by atoms with van der Waals surface area (Å²) in [5.74, 6) is -0.493. The zero-order chi connectivity index (χ0) is 16.3. The normalized spacial score (nSPS) is 11.3. The first-order valence-corrected chi connectivity index (χ1v) is 6.71. The SMILES string of the molecule is Cc1cccc(CC(=O)Nc2ncc(C(F)(F)F)cc2Cl)c1. The largest absolute Gasteiger partial charge is 0.417 e. The Morgan fingerprint density at radius 1 is 1.32 bits per heavy atom. The van der Waals surface area contributed by atoms with Crippen molar-refractivity contribution < 1.29 is 18.0 Å². The molecule has 1 amide bonds. The Balaban J connectivity index is 2.09. The highest BCUT2D eigenvalue weighted by Gasteiger charge is 2.31. The van der Waals surface area contributed by atoms with E-state index in [1.807, 2.05) is 25.1 Å². The number of aryl methyl sites for hydroxylation is 1. The monoisotopic (exact) mass is 328 g/mol. The first-order chi connectivity index (χ1) is 10.3. The van der Waals surface area contributed by atoms with Gasteiger partial charge in [0.15, 0.2) is 5.82 Å². The number of halogens is 4. The summed E-state index contributed by atoms with van der Waals surface area (Å²) in [6.45, 7) is 1.90. The molecule has 7 heteroatoms. The third kappa shape index (κ3) is 4.21. The molecular formula is C15H12ClF3N2O. The summed E-state index contributed by atoms with van der Waals surface area (Å²) in [7, 11) is 0. The van der Waals surface area contributed by atoms with Gasteiger partial charge in [0, 0.05) is 6.20 Å². The second-order valence-electron chi connectivity index (χ2n) is 4.77. The van der Waals surface area contributed by atoms with Crippen LogP contribution < -0.4 is 5.32 Å². The van der Waals surface area contributed by atoms with Gasteiger partial charge in [-0.1, -0.05) is 41.4 Å². The number of amides is 1. The van der Waals surface area contributed by atoms with Crippen LogP contribution in [0, 0.1) is 6.92 Å². The van der Waals surface area contributed by atoms with Crippen LogP contribution in [0.4, 0.5) is 19.0 Å². The Labute approximate surface area is 130 Å². The lowest BCUT2D eigenvalue weighted by Gasteiger charge is -2.10. The molecule has 0 atom stereocenters. The molecule has 116 valence electrons. The quantitative estimate of drug-likeness (QED) is 0.915. The van der Waals surface area contributed by atoms with Crippen LogP contribution in [-0.2, 0) is 17.4 Å². The zero-order valence-electron chi connectivity index (χ0n) is 11.5. The summed E-state index contributed by atoms with van der Waals surface area (Å²) in [5, 5.41) is 2.15. The zero-order valence-corrected chi connectivity index (χ0v) is 12.3. The van der Waals surface area contributed by atoms with E-state index in [9.17, 15) is 18.0 Å². The maximum Gasteiger partial charge on any atom is 0.417 e. The number of carbonyl (C=O) groups is 1. The van der Waals surface area contributed by atoms with Crippen LogP contribution in [0.2, 0.25) is 5.02 Å². The van der Waals surface area contributed by atoms with Gasteiger partial charge in [-0.05, 0) is 18.6 Å². The minimum absolute atomic E-state index is 0.0840. The Morgan fingerprint density at radius 2 is 2.05 bits per heavy atom. The number of anilines is 1. The molecular weight excluding hydrogens is 317 g/mol. The Kier molecular flexibility index (Phi) is 4.71. The standard InChI is InChI=1S/C15H12ClF3N2O/c1-9-3-2-4-10(5-9)6-13(22)21-14-12(16)7-11(8-20-14)15(17,18)19/h2-5,7-8H,6H2,1H3,(H,20,21,22). The van der Waals surface area contributed by atoms with Gasteiger partial charge >= 0.3 is 6.18 Å². The number of rotatable bonds is 3. The Hall–Kier alpha value is -2.08. The molecule has 0 bridgehead atoms. The molecule has 0 unspecified atom stereocenters. The maximum absolute atomic E-state index is 12.5. The summed E-state index contributed by atoms with van der Waals surface area (Å²) >= 11 is 5.73. The van der Waals surface area contributed by atoms with Gasteiger partial charge in [-0.2, -0.15) is 13.2 Å². The lowest BCUT2D eigenvalue weighted by molar-refractivity contribution is -0.137. The highest BCUT2D eigenvalue weighted by Crippen LogP contribution is 2.32. The van der Waals surface area contributed by atoms with Crippen molar-refractivity contribution in [2.45, 2.75) is 19.5 Å². The average Bonchev–Trinajstić information content (AvgIpc) is 2.39. The third-order valence-corrected chi connectivity index (χ3v) is 3.16. The third-order valence-electron chi connectivity index (χ3n) is 2.87. The molecule has 2 aromatic rings. The van der Waals surface area contributed by atoms with Crippen molar-refractivity contribution in [3.05, 3.63) is 58.2 Å². The van der Waals surface area contributed by atoms with Gasteiger partial charge in [0.05, 0.1) is 17.0 Å². The van der Waals surface area contributed by atoms with Crippen molar-refractivity contribution in [3.63, 3.8) is 0 Å². The molecule has 0 saturated heterocycles. The lowest BCUT2D eigenvalue weighted by atomic mass is 10.1. The number of aromatic nitrogens is 1. The summed E-state index contributed by atoms with van der Waals surface area (Å²) < 4.78 is 37.5. The predicted molar refractivity (Wildman–Crippen MR) is 77.8 cm³/mol. The second kappa shape index (κ2) is 6.36. The smallest absolute Gasteiger partial charge is 0.309 e. The minimum atomic E-state index is -4.53. The molecule has 0 aliphatic rings. The molecule has 0 aliphatic carbocycles. The van der Waals surface area contributed by atoms with Gasteiger partial charge in [-0.3, -0.25) is 4.79 Å². The Bertz CT molecular complexity index is 701. The fraction of sp³-hybridized carbons (Fsp3) is 0.200. The number of hydrogen-bond donors (Lipinski definition) is 1. The molecule has 22 heavy (non-hydrogen) atoms. The second-order valence-corrected chi connectivity index (χ2v) is 5.17. The van der Waals surface area contributed by atoms with Crippen molar-refractivity contribution in [2.24, 2.45) is 0 Å². The molecule has 1 heterocycles. The fourth-order valence-electron chi connectivity index (χ4n) is 1.87. The summed E-state index contributed by atoms with van der Waals surface area (Å²) in [4.78, 5) is 15.5.